The number of carbonyl (C=O) groups excluding carboxylic acids is 1. The smallest absolute Gasteiger partial charge is 0.230 e. The number of amides is 1. The summed E-state index contributed by atoms with van der Waals surface area (Å²) in [6, 6.07) is 7.85. The number of aryl methyl sites for hydroxylation is 1. The summed E-state index contributed by atoms with van der Waals surface area (Å²) in [6.45, 7) is 6.06. The quantitative estimate of drug-likeness (QED) is 0.864. The lowest BCUT2D eigenvalue weighted by molar-refractivity contribution is -0.121. The zero-order valence-corrected chi connectivity index (χ0v) is 13.0. The van der Waals surface area contributed by atoms with Gasteiger partial charge >= 0.3 is 0 Å². The van der Waals surface area contributed by atoms with Crippen molar-refractivity contribution < 1.29 is 9.53 Å². The molecule has 0 aromatic heterocycles. The Hall–Kier alpha value is -1.06. The molecule has 3 nitrogen and oxygen atoms in total. The molecule has 0 radical (unpaired) electrons. The third kappa shape index (κ3) is 3.33. The lowest BCUT2D eigenvalue weighted by Crippen LogP contribution is -2.31. The highest BCUT2D eigenvalue weighted by Crippen LogP contribution is 2.32. The molecule has 0 bridgehead atoms. The summed E-state index contributed by atoms with van der Waals surface area (Å²) in [4.78, 5) is 12.4. The number of nitrogens with one attached hydrogen (secondary N) is 1. The van der Waals surface area contributed by atoms with Crippen LogP contribution in [0.5, 0.6) is 0 Å². The number of carbonyl (C=O) groups is 1. The number of benzene rings is 1. The highest BCUT2D eigenvalue weighted by atomic mass is 35.5. The first kappa shape index (κ1) is 15.3. The highest BCUT2D eigenvalue weighted by Gasteiger charge is 2.41. The number of alkyl halides is 1. The minimum absolute atomic E-state index is 0.0319. The Kier molecular flexibility index (Phi) is 5.06. The molecule has 2 rings (SSSR count). The summed E-state index contributed by atoms with van der Waals surface area (Å²) in [5, 5.41) is 2.98. The van der Waals surface area contributed by atoms with Crippen LogP contribution in [-0.2, 0) is 16.0 Å². The van der Waals surface area contributed by atoms with E-state index in [0.29, 0.717) is 5.88 Å². The van der Waals surface area contributed by atoms with E-state index >= 15 is 0 Å². The molecule has 1 aromatic rings. The van der Waals surface area contributed by atoms with Crippen LogP contribution >= 0.6 is 11.6 Å². The van der Waals surface area contributed by atoms with Crippen molar-refractivity contribution in [2.45, 2.75) is 39.4 Å². The van der Waals surface area contributed by atoms with E-state index in [-0.39, 0.29) is 30.0 Å². The van der Waals surface area contributed by atoms with Crippen LogP contribution in [0.15, 0.2) is 24.3 Å². The first-order valence-electron chi connectivity index (χ1n) is 7.14. The number of ether oxygens (including phenoxy) is 1. The molecule has 0 saturated carbocycles. The molecular weight excluding hydrogens is 274 g/mol. The molecule has 1 N–H and O–H groups in total. The molecule has 20 heavy (non-hydrogen) atoms. The molecule has 1 fully saturated rings. The van der Waals surface area contributed by atoms with Gasteiger partial charge in [-0.05, 0) is 43.9 Å². The van der Waals surface area contributed by atoms with Crippen LogP contribution in [0.4, 0.5) is 5.69 Å². The maximum Gasteiger partial charge on any atom is 0.230 e. The minimum Gasteiger partial charge on any atom is -0.374 e. The van der Waals surface area contributed by atoms with Crippen molar-refractivity contribution in [2.24, 2.45) is 11.8 Å². The number of hydrogen-bond donors (Lipinski definition) is 1. The van der Waals surface area contributed by atoms with Crippen LogP contribution < -0.4 is 5.32 Å². The van der Waals surface area contributed by atoms with Gasteiger partial charge in [0.15, 0.2) is 0 Å². The van der Waals surface area contributed by atoms with Crippen LogP contribution in [-0.4, -0.2) is 24.0 Å². The van der Waals surface area contributed by atoms with Crippen molar-refractivity contribution in [1.29, 1.82) is 0 Å². The van der Waals surface area contributed by atoms with Crippen molar-refractivity contribution >= 4 is 23.2 Å². The Morgan fingerprint density at radius 1 is 1.20 bits per heavy atom. The first-order chi connectivity index (χ1) is 9.52. The van der Waals surface area contributed by atoms with Gasteiger partial charge in [-0.2, -0.15) is 0 Å². The van der Waals surface area contributed by atoms with Gasteiger partial charge in [-0.3, -0.25) is 4.79 Å². The van der Waals surface area contributed by atoms with E-state index in [1.165, 1.54) is 5.56 Å². The topological polar surface area (TPSA) is 38.3 Å². The Balaban J connectivity index is 2.00. The first-order valence-corrected chi connectivity index (χ1v) is 7.67. The van der Waals surface area contributed by atoms with Crippen molar-refractivity contribution in [3.8, 4) is 0 Å². The highest BCUT2D eigenvalue weighted by molar-refractivity contribution is 6.18. The SMILES string of the molecule is CC1OC(C)C(C(=O)Nc2ccc(CCCl)cc2)C1C. The van der Waals surface area contributed by atoms with Gasteiger partial charge in [-0.15, -0.1) is 11.6 Å². The maximum atomic E-state index is 12.4. The van der Waals surface area contributed by atoms with Crippen LogP contribution in [0.1, 0.15) is 26.3 Å². The van der Waals surface area contributed by atoms with Crippen molar-refractivity contribution in [3.05, 3.63) is 29.8 Å². The molecule has 110 valence electrons. The standard InChI is InChI=1S/C16H22ClNO2/c1-10-11(2)20-12(3)15(10)16(19)18-14-6-4-13(5-7-14)8-9-17/h4-7,10-12,15H,8-9H2,1-3H3,(H,18,19). The summed E-state index contributed by atoms with van der Waals surface area (Å²) < 4.78 is 5.72. The fourth-order valence-corrected chi connectivity index (χ4v) is 3.03. The van der Waals surface area contributed by atoms with E-state index in [0.717, 1.165) is 12.1 Å². The monoisotopic (exact) mass is 295 g/mol. The van der Waals surface area contributed by atoms with Gasteiger partial charge in [-0.1, -0.05) is 19.1 Å². The molecule has 0 aliphatic carbocycles. The van der Waals surface area contributed by atoms with Gasteiger partial charge in [0.05, 0.1) is 18.1 Å². The Morgan fingerprint density at radius 3 is 2.35 bits per heavy atom. The second kappa shape index (κ2) is 6.59. The molecule has 1 aliphatic rings. The van der Waals surface area contributed by atoms with E-state index in [9.17, 15) is 4.79 Å². The predicted octanol–water partition coefficient (Wildman–Crippen LogP) is 3.47. The van der Waals surface area contributed by atoms with Gasteiger partial charge in [0.2, 0.25) is 5.91 Å². The minimum atomic E-state index is -0.0903. The van der Waals surface area contributed by atoms with E-state index in [2.05, 4.69) is 12.2 Å². The van der Waals surface area contributed by atoms with Crippen LogP contribution in [0.2, 0.25) is 0 Å². The van der Waals surface area contributed by atoms with Crippen molar-refractivity contribution in [3.63, 3.8) is 0 Å². The third-order valence-electron chi connectivity index (χ3n) is 4.15. The fraction of sp³-hybridized carbons (Fsp3) is 0.562. The van der Waals surface area contributed by atoms with Gasteiger partial charge in [0, 0.05) is 11.6 Å². The Labute approximate surface area is 125 Å². The summed E-state index contributed by atoms with van der Waals surface area (Å²) in [6.07, 6.45) is 0.944. The number of anilines is 1. The molecule has 4 atom stereocenters. The normalized spacial score (nSPS) is 29.4. The molecular formula is C16H22ClNO2. The molecule has 0 spiro atoms. The van der Waals surface area contributed by atoms with Crippen LogP contribution in [0, 0.1) is 11.8 Å². The molecule has 1 aromatic carbocycles. The van der Waals surface area contributed by atoms with E-state index < -0.39 is 0 Å². The zero-order valence-electron chi connectivity index (χ0n) is 12.2. The molecule has 4 unspecified atom stereocenters. The van der Waals surface area contributed by atoms with E-state index in [4.69, 9.17) is 16.3 Å². The third-order valence-corrected chi connectivity index (χ3v) is 4.34. The number of hydrogen-bond acceptors (Lipinski definition) is 2. The number of halogens is 1. The zero-order chi connectivity index (χ0) is 14.7. The van der Waals surface area contributed by atoms with Gasteiger partial charge in [-0.25, -0.2) is 0 Å². The van der Waals surface area contributed by atoms with Crippen LogP contribution in [0.25, 0.3) is 0 Å². The van der Waals surface area contributed by atoms with Crippen molar-refractivity contribution in [2.75, 3.05) is 11.2 Å². The Bertz CT molecular complexity index is 460. The summed E-state index contributed by atoms with van der Waals surface area (Å²) in [5.74, 6) is 0.797. The lowest BCUT2D eigenvalue weighted by atomic mass is 9.89. The molecule has 4 heteroatoms. The molecule has 1 amide bonds. The lowest BCUT2D eigenvalue weighted by Gasteiger charge is -2.18. The van der Waals surface area contributed by atoms with Gasteiger partial charge in [0.1, 0.15) is 0 Å². The average molecular weight is 296 g/mol. The summed E-state index contributed by atoms with van der Waals surface area (Å²) >= 11 is 5.71. The largest absolute Gasteiger partial charge is 0.374 e. The Morgan fingerprint density at radius 2 is 1.85 bits per heavy atom. The summed E-state index contributed by atoms with van der Waals surface area (Å²) in [5.41, 5.74) is 2.00. The van der Waals surface area contributed by atoms with E-state index in [1.54, 1.807) is 0 Å². The van der Waals surface area contributed by atoms with Gasteiger partial charge in [0.25, 0.3) is 0 Å². The predicted molar refractivity (Wildman–Crippen MR) is 82.2 cm³/mol. The fourth-order valence-electron chi connectivity index (χ4n) is 2.81. The van der Waals surface area contributed by atoms with Gasteiger partial charge < -0.3 is 10.1 Å². The second-order valence-corrected chi connectivity index (χ2v) is 5.93. The molecule has 1 aliphatic heterocycles. The second-order valence-electron chi connectivity index (χ2n) is 5.56. The van der Waals surface area contributed by atoms with Crippen molar-refractivity contribution in [1.82, 2.24) is 0 Å². The van der Waals surface area contributed by atoms with E-state index in [1.807, 2.05) is 38.1 Å². The number of rotatable bonds is 4. The molecule has 1 saturated heterocycles. The summed E-state index contributed by atoms with van der Waals surface area (Å²) in [7, 11) is 0. The van der Waals surface area contributed by atoms with Crippen LogP contribution in [0.3, 0.4) is 0 Å². The molecule has 1 heterocycles. The maximum absolute atomic E-state index is 12.4. The average Bonchev–Trinajstić information content (AvgIpc) is 2.66.